The molecule has 5 aromatic rings. The van der Waals surface area contributed by atoms with Crippen LogP contribution < -0.4 is 27.2 Å². The van der Waals surface area contributed by atoms with Crippen molar-refractivity contribution in [1.29, 1.82) is 0 Å². The minimum absolute atomic E-state index is 0.0611. The summed E-state index contributed by atoms with van der Waals surface area (Å²) in [6, 6.07) is 18.8. The van der Waals surface area contributed by atoms with E-state index < -0.39 is 5.91 Å². The fraction of sp³-hybridized carbons (Fsp3) is 0.289. The Kier molecular flexibility index (Phi) is 10.9. The summed E-state index contributed by atoms with van der Waals surface area (Å²) in [5.41, 5.74) is 14.0. The number of pyridine rings is 1. The van der Waals surface area contributed by atoms with Gasteiger partial charge in [0.05, 0.1) is 17.5 Å². The molecule has 7 N–H and O–H groups in total. The molecule has 0 radical (unpaired) electrons. The van der Waals surface area contributed by atoms with Gasteiger partial charge in [0.2, 0.25) is 5.91 Å². The van der Waals surface area contributed by atoms with E-state index in [0.717, 1.165) is 63.4 Å². The molecular formula is C38H43N7O4. The summed E-state index contributed by atoms with van der Waals surface area (Å²) < 4.78 is 0. The smallest absolute Gasteiger partial charge is 0.253 e. The molecule has 0 fully saturated rings. The van der Waals surface area contributed by atoms with E-state index in [1.807, 2.05) is 76.2 Å². The fourth-order valence-corrected chi connectivity index (χ4v) is 5.96. The second-order valence-electron chi connectivity index (χ2n) is 12.3. The minimum atomic E-state index is -0.506. The van der Waals surface area contributed by atoms with Crippen LogP contribution in [0.3, 0.4) is 0 Å². The molecule has 3 amide bonds. The van der Waals surface area contributed by atoms with Crippen molar-refractivity contribution in [2.75, 3.05) is 18.4 Å². The van der Waals surface area contributed by atoms with Crippen molar-refractivity contribution in [3.63, 3.8) is 0 Å². The van der Waals surface area contributed by atoms with Crippen LogP contribution in [0.4, 0.5) is 5.69 Å². The molecule has 2 aromatic heterocycles. The second-order valence-corrected chi connectivity index (χ2v) is 12.3. The van der Waals surface area contributed by atoms with E-state index in [9.17, 15) is 19.2 Å². The fourth-order valence-electron chi connectivity index (χ4n) is 5.96. The molecule has 0 atom stereocenters. The number of H-pyrrole nitrogens is 2. The number of rotatable bonds is 14. The summed E-state index contributed by atoms with van der Waals surface area (Å²) in [5.74, 6) is -0.0496. The first kappa shape index (κ1) is 34.6. The number of para-hydroxylation sites is 1. The quantitative estimate of drug-likeness (QED) is 0.0915. The van der Waals surface area contributed by atoms with Gasteiger partial charge in [-0.1, -0.05) is 30.3 Å². The number of hydrogen-bond acceptors (Lipinski definition) is 6. The summed E-state index contributed by atoms with van der Waals surface area (Å²) >= 11 is 0. The van der Waals surface area contributed by atoms with Crippen LogP contribution in [-0.4, -0.2) is 45.8 Å². The number of nitrogens with zero attached hydrogens (tertiary/aromatic N) is 1. The maximum absolute atomic E-state index is 13.4. The van der Waals surface area contributed by atoms with Gasteiger partial charge in [-0.25, -0.2) is 4.98 Å². The molecule has 0 saturated carbocycles. The monoisotopic (exact) mass is 661 g/mol. The van der Waals surface area contributed by atoms with Gasteiger partial charge >= 0.3 is 0 Å². The molecule has 49 heavy (non-hydrogen) atoms. The lowest BCUT2D eigenvalue weighted by Crippen LogP contribution is -2.28. The number of fused-ring (bicyclic) bond motifs is 1. The Morgan fingerprint density at radius 2 is 1.65 bits per heavy atom. The lowest BCUT2D eigenvalue weighted by molar-refractivity contribution is -0.120. The maximum Gasteiger partial charge on any atom is 0.253 e. The van der Waals surface area contributed by atoms with Crippen LogP contribution in [0.1, 0.15) is 74.3 Å². The number of primary amides is 1. The van der Waals surface area contributed by atoms with Crippen LogP contribution in [0, 0.1) is 20.8 Å². The Morgan fingerprint density at radius 3 is 2.37 bits per heavy atom. The SMILES string of the molecule is CCNc1cc(-c2ccc(CC(=O)NCCCCc3nc4c(C(N)=O)cccc4[nH]3)cc2)cc(C(=O)NCc2c(C)cc(C)[nH]c2=O)c1C. The van der Waals surface area contributed by atoms with Crippen LogP contribution in [-0.2, 0) is 24.2 Å². The number of hydrogen-bond donors (Lipinski definition) is 6. The van der Waals surface area contributed by atoms with Gasteiger partial charge in [-0.2, -0.15) is 0 Å². The molecule has 0 spiro atoms. The number of aromatic amines is 2. The average Bonchev–Trinajstić information content (AvgIpc) is 3.48. The van der Waals surface area contributed by atoms with E-state index in [0.29, 0.717) is 41.7 Å². The summed E-state index contributed by atoms with van der Waals surface area (Å²) in [6.45, 7) is 8.95. The third kappa shape index (κ3) is 8.42. The van der Waals surface area contributed by atoms with Crippen LogP contribution in [0.25, 0.3) is 22.2 Å². The number of imidazole rings is 1. The Hall–Kier alpha value is -5.71. The number of carbonyl (C=O) groups excluding carboxylic acids is 3. The molecule has 2 heterocycles. The zero-order valence-corrected chi connectivity index (χ0v) is 28.4. The molecule has 0 unspecified atom stereocenters. The average molecular weight is 662 g/mol. The van der Waals surface area contributed by atoms with Gasteiger partial charge in [0, 0.05) is 48.6 Å². The molecule has 0 bridgehead atoms. The molecular weight excluding hydrogens is 618 g/mol. The Balaban J connectivity index is 1.16. The van der Waals surface area contributed by atoms with Crippen molar-refractivity contribution in [2.45, 2.75) is 59.9 Å². The first-order valence-electron chi connectivity index (χ1n) is 16.5. The van der Waals surface area contributed by atoms with Gasteiger partial charge in [0.15, 0.2) is 0 Å². The van der Waals surface area contributed by atoms with Gasteiger partial charge in [-0.05, 0) is 98.7 Å². The van der Waals surface area contributed by atoms with E-state index in [1.54, 1.807) is 12.1 Å². The van der Waals surface area contributed by atoms with Crippen molar-refractivity contribution >= 4 is 34.4 Å². The second kappa shape index (κ2) is 15.5. The first-order chi connectivity index (χ1) is 23.5. The highest BCUT2D eigenvalue weighted by atomic mass is 16.2. The predicted octanol–water partition coefficient (Wildman–Crippen LogP) is 4.99. The number of aryl methyl sites for hydroxylation is 3. The lowest BCUT2D eigenvalue weighted by Gasteiger charge is -2.16. The van der Waals surface area contributed by atoms with E-state index in [4.69, 9.17) is 5.73 Å². The number of nitrogens with one attached hydrogen (secondary N) is 5. The Bertz CT molecular complexity index is 2060. The molecule has 0 aliphatic heterocycles. The van der Waals surface area contributed by atoms with Crippen molar-refractivity contribution in [3.8, 4) is 11.1 Å². The van der Waals surface area contributed by atoms with Crippen LogP contribution in [0.5, 0.6) is 0 Å². The lowest BCUT2D eigenvalue weighted by atomic mass is 9.96. The molecule has 0 aliphatic carbocycles. The third-order valence-electron chi connectivity index (χ3n) is 8.58. The number of anilines is 1. The summed E-state index contributed by atoms with van der Waals surface area (Å²) in [6.07, 6.45) is 2.54. The standard InChI is InChI=1S/C38H43N7O4/c1-5-40-32-20-27(19-29(24(32)4)37(48)42-21-30-22(2)17-23(3)43-38(30)49)26-14-12-25(13-15-26)18-34(46)41-16-7-6-11-33-44-31-10-8-9-28(36(39)47)35(31)45-33/h8-10,12-15,17,19-20,40H,5-7,11,16,18,21H2,1-4H3,(H2,39,47)(H,41,46)(H,42,48)(H,43,49)(H,44,45). The molecule has 0 aliphatic rings. The minimum Gasteiger partial charge on any atom is -0.385 e. The number of benzene rings is 3. The van der Waals surface area contributed by atoms with Crippen molar-refractivity contribution < 1.29 is 14.4 Å². The largest absolute Gasteiger partial charge is 0.385 e. The summed E-state index contributed by atoms with van der Waals surface area (Å²) in [4.78, 5) is 60.8. The number of carbonyl (C=O) groups is 3. The van der Waals surface area contributed by atoms with Gasteiger partial charge < -0.3 is 31.7 Å². The highest BCUT2D eigenvalue weighted by molar-refractivity contribution is 6.04. The zero-order chi connectivity index (χ0) is 35.1. The highest BCUT2D eigenvalue weighted by Crippen LogP contribution is 2.29. The van der Waals surface area contributed by atoms with Gasteiger partial charge in [-0.15, -0.1) is 0 Å². The number of nitrogens with two attached hydrogens (primary N) is 1. The van der Waals surface area contributed by atoms with Gasteiger partial charge in [-0.3, -0.25) is 19.2 Å². The predicted molar refractivity (Wildman–Crippen MR) is 193 cm³/mol. The number of aromatic nitrogens is 3. The topological polar surface area (TPSA) is 175 Å². The molecule has 254 valence electrons. The van der Waals surface area contributed by atoms with E-state index in [1.165, 1.54) is 0 Å². The Morgan fingerprint density at radius 1 is 0.878 bits per heavy atom. The Labute approximate surface area is 285 Å². The van der Waals surface area contributed by atoms with Crippen molar-refractivity contribution in [1.82, 2.24) is 25.6 Å². The molecule has 11 heteroatoms. The molecule has 0 saturated heterocycles. The first-order valence-corrected chi connectivity index (χ1v) is 16.5. The van der Waals surface area contributed by atoms with Crippen LogP contribution >= 0.6 is 0 Å². The van der Waals surface area contributed by atoms with Crippen molar-refractivity contribution in [2.24, 2.45) is 5.73 Å². The highest BCUT2D eigenvalue weighted by Gasteiger charge is 2.17. The maximum atomic E-state index is 13.4. The molecule has 11 nitrogen and oxygen atoms in total. The van der Waals surface area contributed by atoms with Crippen LogP contribution in [0.15, 0.2) is 65.5 Å². The van der Waals surface area contributed by atoms with E-state index in [-0.39, 0.29) is 30.3 Å². The third-order valence-corrected chi connectivity index (χ3v) is 8.58. The van der Waals surface area contributed by atoms with E-state index in [2.05, 4.69) is 30.9 Å². The normalized spacial score (nSPS) is 11.0. The molecule has 5 rings (SSSR count). The van der Waals surface area contributed by atoms with Crippen molar-refractivity contribution in [3.05, 3.63) is 116 Å². The van der Waals surface area contributed by atoms with Gasteiger partial charge in [0.25, 0.3) is 17.4 Å². The summed E-state index contributed by atoms with van der Waals surface area (Å²) in [7, 11) is 0. The summed E-state index contributed by atoms with van der Waals surface area (Å²) in [5, 5.41) is 9.28. The number of unbranched alkanes of at least 4 members (excludes halogenated alkanes) is 1. The van der Waals surface area contributed by atoms with Crippen LogP contribution in [0.2, 0.25) is 0 Å². The zero-order valence-electron chi connectivity index (χ0n) is 28.4. The van der Waals surface area contributed by atoms with Gasteiger partial charge in [0.1, 0.15) is 11.3 Å². The molecule has 3 aromatic carbocycles. The number of amides is 3. The van der Waals surface area contributed by atoms with E-state index >= 15 is 0 Å².